The van der Waals surface area contributed by atoms with Gasteiger partial charge in [0.05, 0.1) is 12.7 Å². The average Bonchev–Trinajstić information content (AvgIpc) is 2.96. The Morgan fingerprint density at radius 1 is 1.32 bits per heavy atom. The normalized spacial score (nSPS) is 11.5. The highest BCUT2D eigenvalue weighted by Crippen LogP contribution is 2.26. The second-order valence-electron chi connectivity index (χ2n) is 6.57. The number of fused-ring (bicyclic) bond motifs is 1. The molecule has 0 unspecified atom stereocenters. The molecule has 0 radical (unpaired) electrons. The van der Waals surface area contributed by atoms with Crippen LogP contribution >= 0.6 is 0 Å². The molecule has 3 rings (SSSR count). The minimum Gasteiger partial charge on any atom is -0.497 e. The molecule has 1 amide bonds. The molecule has 0 aliphatic carbocycles. The Morgan fingerprint density at radius 3 is 2.72 bits per heavy atom. The van der Waals surface area contributed by atoms with Crippen LogP contribution in [0.15, 0.2) is 36.8 Å². The fourth-order valence-corrected chi connectivity index (χ4v) is 2.79. The maximum Gasteiger partial charge on any atom is 0.254 e. The maximum atomic E-state index is 12.4. The summed E-state index contributed by atoms with van der Waals surface area (Å²) >= 11 is 0. The number of hydrogen-bond acceptors (Lipinski definition) is 5. The number of nitrogens with one attached hydrogen (secondary N) is 2. The highest BCUT2D eigenvalue weighted by Gasteiger charge is 2.23. The third kappa shape index (κ3) is 3.71. The number of H-pyrrole nitrogens is 1. The number of ether oxygens (including phenoxy) is 1. The number of aromatic amines is 1. The lowest BCUT2D eigenvalue weighted by Gasteiger charge is -2.26. The molecule has 0 aliphatic rings. The lowest BCUT2D eigenvalue weighted by molar-refractivity contribution is 0.0912. The van der Waals surface area contributed by atoms with Gasteiger partial charge < -0.3 is 20.8 Å². The molecular formula is C18H21N5O2. The standard InChI is InChI=1S/C18H21N5O2/c1-18(2,23-16(24)12-9-21-17(19)22-10-12)7-11-8-20-15-6-13(25-3)4-5-14(11)15/h4-6,8-10,20H,7H2,1-3H3,(H,23,24)(H2,19,21,22). The molecule has 0 spiro atoms. The van der Waals surface area contributed by atoms with Crippen molar-refractivity contribution in [1.29, 1.82) is 0 Å². The second kappa shape index (κ2) is 6.43. The fraction of sp³-hybridized carbons (Fsp3) is 0.278. The third-order valence-corrected chi connectivity index (χ3v) is 3.99. The van der Waals surface area contributed by atoms with Crippen molar-refractivity contribution in [3.8, 4) is 5.75 Å². The van der Waals surface area contributed by atoms with Gasteiger partial charge in [0.2, 0.25) is 5.95 Å². The molecule has 2 heterocycles. The number of rotatable bonds is 5. The first-order valence-corrected chi connectivity index (χ1v) is 7.92. The Labute approximate surface area is 145 Å². The number of benzene rings is 1. The predicted octanol–water partition coefficient (Wildman–Crippen LogP) is 2.30. The first-order valence-electron chi connectivity index (χ1n) is 7.92. The average molecular weight is 339 g/mol. The molecule has 0 aliphatic heterocycles. The van der Waals surface area contributed by atoms with E-state index in [0.29, 0.717) is 12.0 Å². The molecule has 2 aromatic heterocycles. The zero-order chi connectivity index (χ0) is 18.0. The van der Waals surface area contributed by atoms with Crippen molar-refractivity contribution in [2.24, 2.45) is 0 Å². The molecule has 25 heavy (non-hydrogen) atoms. The molecule has 0 fully saturated rings. The lowest BCUT2D eigenvalue weighted by atomic mass is 9.94. The van der Waals surface area contributed by atoms with E-state index >= 15 is 0 Å². The van der Waals surface area contributed by atoms with Gasteiger partial charge in [0.15, 0.2) is 0 Å². The highest BCUT2D eigenvalue weighted by atomic mass is 16.5. The summed E-state index contributed by atoms with van der Waals surface area (Å²) in [6.07, 6.45) is 5.47. The van der Waals surface area contributed by atoms with Crippen LogP contribution in [0.2, 0.25) is 0 Å². The Kier molecular flexibility index (Phi) is 4.31. The van der Waals surface area contributed by atoms with Gasteiger partial charge in [0.1, 0.15) is 5.75 Å². The van der Waals surface area contributed by atoms with Gasteiger partial charge in [-0.05, 0) is 38.0 Å². The van der Waals surface area contributed by atoms with Crippen molar-refractivity contribution in [1.82, 2.24) is 20.3 Å². The van der Waals surface area contributed by atoms with Gasteiger partial charge in [-0.2, -0.15) is 0 Å². The molecule has 1 aromatic carbocycles. The van der Waals surface area contributed by atoms with Gasteiger partial charge in [-0.15, -0.1) is 0 Å². The van der Waals surface area contributed by atoms with Crippen LogP contribution in [0, 0.1) is 0 Å². The van der Waals surface area contributed by atoms with E-state index in [0.717, 1.165) is 22.2 Å². The van der Waals surface area contributed by atoms with Gasteiger partial charge in [-0.25, -0.2) is 9.97 Å². The Morgan fingerprint density at radius 2 is 2.04 bits per heavy atom. The number of nitrogens with two attached hydrogens (primary N) is 1. The first-order chi connectivity index (χ1) is 11.9. The number of aromatic nitrogens is 3. The number of carbonyl (C=O) groups is 1. The van der Waals surface area contributed by atoms with Gasteiger partial charge in [0, 0.05) is 41.1 Å². The number of methoxy groups -OCH3 is 1. The largest absolute Gasteiger partial charge is 0.497 e. The van der Waals surface area contributed by atoms with Crippen LogP contribution in [-0.2, 0) is 6.42 Å². The number of nitrogens with zero attached hydrogens (tertiary/aromatic N) is 2. The van der Waals surface area contributed by atoms with Crippen LogP contribution in [-0.4, -0.2) is 33.5 Å². The Balaban J connectivity index is 1.77. The molecule has 0 saturated heterocycles. The smallest absolute Gasteiger partial charge is 0.254 e. The Hall–Kier alpha value is -3.09. The quantitative estimate of drug-likeness (QED) is 0.661. The number of amides is 1. The van der Waals surface area contributed by atoms with Gasteiger partial charge in [0.25, 0.3) is 5.91 Å². The van der Waals surface area contributed by atoms with Crippen molar-refractivity contribution in [3.05, 3.63) is 47.9 Å². The summed E-state index contributed by atoms with van der Waals surface area (Å²) in [6, 6.07) is 5.90. The maximum absolute atomic E-state index is 12.4. The second-order valence-corrected chi connectivity index (χ2v) is 6.57. The molecule has 0 bridgehead atoms. The summed E-state index contributed by atoms with van der Waals surface area (Å²) in [5.74, 6) is 0.716. The summed E-state index contributed by atoms with van der Waals surface area (Å²) < 4.78 is 5.24. The Bertz CT molecular complexity index is 899. The summed E-state index contributed by atoms with van der Waals surface area (Å²) in [7, 11) is 1.64. The number of anilines is 1. The van der Waals surface area contributed by atoms with Crippen LogP contribution in [0.4, 0.5) is 5.95 Å². The summed E-state index contributed by atoms with van der Waals surface area (Å²) in [5.41, 5.74) is 7.51. The van der Waals surface area contributed by atoms with E-state index in [4.69, 9.17) is 10.5 Å². The van der Waals surface area contributed by atoms with Crippen LogP contribution in [0.3, 0.4) is 0 Å². The van der Waals surface area contributed by atoms with E-state index in [1.165, 1.54) is 12.4 Å². The summed E-state index contributed by atoms with van der Waals surface area (Å²) in [6.45, 7) is 3.96. The molecule has 0 saturated carbocycles. The zero-order valence-corrected chi connectivity index (χ0v) is 14.5. The number of carbonyl (C=O) groups excluding carboxylic acids is 1. The third-order valence-electron chi connectivity index (χ3n) is 3.99. The molecule has 3 aromatic rings. The van der Waals surface area contributed by atoms with E-state index in [1.807, 2.05) is 38.2 Å². The molecule has 0 atom stereocenters. The van der Waals surface area contributed by atoms with Gasteiger partial charge in [-0.3, -0.25) is 4.79 Å². The minimum absolute atomic E-state index is 0.144. The van der Waals surface area contributed by atoms with Gasteiger partial charge in [-0.1, -0.05) is 0 Å². The van der Waals surface area contributed by atoms with E-state index in [2.05, 4.69) is 20.3 Å². The van der Waals surface area contributed by atoms with Crippen molar-refractivity contribution in [2.75, 3.05) is 12.8 Å². The van der Waals surface area contributed by atoms with Crippen LogP contribution in [0.25, 0.3) is 10.9 Å². The van der Waals surface area contributed by atoms with Crippen LogP contribution in [0.5, 0.6) is 5.75 Å². The van der Waals surface area contributed by atoms with E-state index in [-0.39, 0.29) is 11.9 Å². The highest BCUT2D eigenvalue weighted by molar-refractivity contribution is 5.94. The number of nitrogen functional groups attached to an aromatic ring is 1. The van der Waals surface area contributed by atoms with Crippen molar-refractivity contribution < 1.29 is 9.53 Å². The molecular weight excluding hydrogens is 318 g/mol. The summed E-state index contributed by atoms with van der Waals surface area (Å²) in [4.78, 5) is 23.3. The fourth-order valence-electron chi connectivity index (χ4n) is 2.79. The predicted molar refractivity (Wildman–Crippen MR) is 96.5 cm³/mol. The zero-order valence-electron chi connectivity index (χ0n) is 14.5. The topological polar surface area (TPSA) is 106 Å². The van der Waals surface area contributed by atoms with Gasteiger partial charge >= 0.3 is 0 Å². The molecule has 4 N–H and O–H groups in total. The van der Waals surface area contributed by atoms with Crippen LogP contribution in [0.1, 0.15) is 29.8 Å². The molecule has 7 nitrogen and oxygen atoms in total. The number of hydrogen-bond donors (Lipinski definition) is 3. The monoisotopic (exact) mass is 339 g/mol. The lowest BCUT2D eigenvalue weighted by Crippen LogP contribution is -2.45. The first kappa shape index (κ1) is 16.8. The van der Waals surface area contributed by atoms with Crippen molar-refractivity contribution in [3.63, 3.8) is 0 Å². The molecule has 7 heteroatoms. The van der Waals surface area contributed by atoms with E-state index < -0.39 is 5.54 Å². The van der Waals surface area contributed by atoms with E-state index in [1.54, 1.807) is 7.11 Å². The van der Waals surface area contributed by atoms with Crippen molar-refractivity contribution >= 4 is 22.8 Å². The summed E-state index contributed by atoms with van der Waals surface area (Å²) in [5, 5.41) is 4.13. The van der Waals surface area contributed by atoms with Crippen molar-refractivity contribution in [2.45, 2.75) is 25.8 Å². The molecule has 130 valence electrons. The van der Waals surface area contributed by atoms with Crippen LogP contribution < -0.4 is 15.8 Å². The SMILES string of the molecule is COc1ccc2c(CC(C)(C)NC(=O)c3cnc(N)nc3)c[nH]c2c1. The minimum atomic E-state index is -0.451. The van der Waals surface area contributed by atoms with E-state index in [9.17, 15) is 4.79 Å².